The molecular formula is C15H17FN2O2. The molecule has 0 bridgehead atoms. The summed E-state index contributed by atoms with van der Waals surface area (Å²) in [6, 6.07) is 5.69. The van der Waals surface area contributed by atoms with Crippen LogP contribution in [0.1, 0.15) is 10.6 Å². The van der Waals surface area contributed by atoms with E-state index in [0.29, 0.717) is 23.3 Å². The Morgan fingerprint density at radius 3 is 2.90 bits per heavy atom. The van der Waals surface area contributed by atoms with Crippen molar-refractivity contribution >= 4 is 16.8 Å². The van der Waals surface area contributed by atoms with Crippen LogP contribution in [0.2, 0.25) is 0 Å². The van der Waals surface area contributed by atoms with E-state index >= 15 is 0 Å². The molecule has 0 saturated carbocycles. The second-order valence-corrected chi connectivity index (χ2v) is 5.42. The highest BCUT2D eigenvalue weighted by Gasteiger charge is 2.31. The van der Waals surface area contributed by atoms with E-state index in [0.717, 1.165) is 13.1 Å². The van der Waals surface area contributed by atoms with Gasteiger partial charge in [-0.05, 0) is 38.4 Å². The largest absolute Gasteiger partial charge is 0.453 e. The first-order valence-electron chi connectivity index (χ1n) is 6.66. The number of benzene rings is 1. The van der Waals surface area contributed by atoms with E-state index in [1.54, 1.807) is 12.1 Å². The van der Waals surface area contributed by atoms with Gasteiger partial charge in [-0.2, -0.15) is 0 Å². The van der Waals surface area contributed by atoms with Crippen molar-refractivity contribution in [3.8, 4) is 0 Å². The molecule has 20 heavy (non-hydrogen) atoms. The number of furan rings is 1. The van der Waals surface area contributed by atoms with E-state index in [1.165, 1.54) is 12.1 Å². The number of likely N-dealkylation sites (N-methyl/N-ethyl adjacent to an activating group) is 2. The molecule has 106 valence electrons. The standard InChI is InChI=1S/C15H17FN2O2/c1-17-5-6-18(2)12(9-17)15(19)14-8-10-7-11(16)3-4-13(10)20-14/h3-4,7-8,12H,5-6,9H2,1-2H3. The van der Waals surface area contributed by atoms with Gasteiger partial charge in [0, 0.05) is 25.0 Å². The summed E-state index contributed by atoms with van der Waals surface area (Å²) in [5, 5.41) is 0.625. The lowest BCUT2D eigenvalue weighted by atomic mass is 10.1. The Morgan fingerprint density at radius 1 is 1.30 bits per heavy atom. The molecule has 1 unspecified atom stereocenters. The first-order chi connectivity index (χ1) is 9.54. The van der Waals surface area contributed by atoms with Crippen LogP contribution in [0.15, 0.2) is 28.7 Å². The average molecular weight is 276 g/mol. The highest BCUT2D eigenvalue weighted by atomic mass is 19.1. The number of hydrogen-bond acceptors (Lipinski definition) is 4. The summed E-state index contributed by atoms with van der Waals surface area (Å²) in [6.07, 6.45) is 0. The van der Waals surface area contributed by atoms with Crippen molar-refractivity contribution in [2.24, 2.45) is 0 Å². The summed E-state index contributed by atoms with van der Waals surface area (Å²) >= 11 is 0. The molecule has 1 saturated heterocycles. The smallest absolute Gasteiger partial charge is 0.216 e. The Labute approximate surface area is 116 Å². The summed E-state index contributed by atoms with van der Waals surface area (Å²) in [5.74, 6) is -0.0692. The third-order valence-corrected chi connectivity index (χ3v) is 3.87. The molecule has 0 N–H and O–H groups in total. The maximum absolute atomic E-state index is 13.2. The molecule has 5 heteroatoms. The number of nitrogens with zero attached hydrogens (tertiary/aromatic N) is 2. The number of carbonyl (C=O) groups is 1. The molecule has 2 aromatic rings. The van der Waals surface area contributed by atoms with Crippen molar-refractivity contribution in [1.82, 2.24) is 9.80 Å². The van der Waals surface area contributed by atoms with E-state index in [1.807, 2.05) is 19.0 Å². The minimum atomic E-state index is -0.327. The number of Topliss-reactive ketones (excluding diaryl/α,β-unsaturated/α-hetero) is 1. The number of ketones is 1. The molecular weight excluding hydrogens is 259 g/mol. The van der Waals surface area contributed by atoms with Crippen molar-refractivity contribution in [3.05, 3.63) is 35.8 Å². The van der Waals surface area contributed by atoms with Crippen LogP contribution in [0.3, 0.4) is 0 Å². The fourth-order valence-electron chi connectivity index (χ4n) is 2.59. The number of hydrogen-bond donors (Lipinski definition) is 0. The van der Waals surface area contributed by atoms with E-state index in [4.69, 9.17) is 4.42 Å². The van der Waals surface area contributed by atoms with Gasteiger partial charge in [0.15, 0.2) is 5.76 Å². The van der Waals surface area contributed by atoms with Gasteiger partial charge in [0.2, 0.25) is 5.78 Å². The zero-order chi connectivity index (χ0) is 14.3. The molecule has 2 heterocycles. The molecule has 4 nitrogen and oxygen atoms in total. The predicted octanol–water partition coefficient (Wildman–Crippen LogP) is 2.00. The molecule has 0 aliphatic carbocycles. The van der Waals surface area contributed by atoms with E-state index in [9.17, 15) is 9.18 Å². The molecule has 0 amide bonds. The zero-order valence-corrected chi connectivity index (χ0v) is 11.6. The summed E-state index contributed by atoms with van der Waals surface area (Å²) in [6.45, 7) is 2.48. The van der Waals surface area contributed by atoms with Gasteiger partial charge in [0.1, 0.15) is 11.4 Å². The third-order valence-electron chi connectivity index (χ3n) is 3.87. The van der Waals surface area contributed by atoms with Crippen LogP contribution >= 0.6 is 0 Å². The predicted molar refractivity (Wildman–Crippen MR) is 74.4 cm³/mol. The Balaban J connectivity index is 1.91. The van der Waals surface area contributed by atoms with Crippen LogP contribution in [0.25, 0.3) is 11.0 Å². The summed E-state index contributed by atoms with van der Waals surface area (Å²) < 4.78 is 18.7. The van der Waals surface area contributed by atoms with Crippen LogP contribution in [-0.4, -0.2) is 55.4 Å². The molecule has 1 aromatic heterocycles. The average Bonchev–Trinajstić information content (AvgIpc) is 2.83. The Morgan fingerprint density at radius 2 is 2.10 bits per heavy atom. The molecule has 1 aliphatic rings. The number of fused-ring (bicyclic) bond motifs is 1. The topological polar surface area (TPSA) is 36.7 Å². The Hall–Kier alpha value is -1.72. The SMILES string of the molecule is CN1CCN(C)C(C(=O)c2cc3cc(F)ccc3o2)C1. The lowest BCUT2D eigenvalue weighted by Gasteiger charge is -2.36. The van der Waals surface area contributed by atoms with Crippen molar-refractivity contribution in [3.63, 3.8) is 0 Å². The van der Waals surface area contributed by atoms with Crippen molar-refractivity contribution in [2.45, 2.75) is 6.04 Å². The fourth-order valence-corrected chi connectivity index (χ4v) is 2.59. The van der Waals surface area contributed by atoms with Gasteiger partial charge in [-0.3, -0.25) is 9.69 Å². The van der Waals surface area contributed by atoms with Gasteiger partial charge < -0.3 is 9.32 Å². The second kappa shape index (κ2) is 5.00. The van der Waals surface area contributed by atoms with E-state index in [-0.39, 0.29) is 17.6 Å². The third kappa shape index (κ3) is 2.34. The van der Waals surface area contributed by atoms with Gasteiger partial charge in [0.25, 0.3) is 0 Å². The Bertz CT molecular complexity index is 652. The minimum Gasteiger partial charge on any atom is -0.453 e. The summed E-state index contributed by atoms with van der Waals surface area (Å²) in [4.78, 5) is 16.7. The van der Waals surface area contributed by atoms with Gasteiger partial charge >= 0.3 is 0 Å². The van der Waals surface area contributed by atoms with Crippen LogP contribution < -0.4 is 0 Å². The van der Waals surface area contributed by atoms with Crippen molar-refractivity contribution < 1.29 is 13.6 Å². The van der Waals surface area contributed by atoms with E-state index < -0.39 is 0 Å². The molecule has 3 rings (SSSR count). The highest BCUT2D eigenvalue weighted by molar-refractivity contribution is 6.01. The quantitative estimate of drug-likeness (QED) is 0.786. The van der Waals surface area contributed by atoms with E-state index in [2.05, 4.69) is 4.90 Å². The van der Waals surface area contributed by atoms with Gasteiger partial charge in [-0.15, -0.1) is 0 Å². The van der Waals surface area contributed by atoms with Gasteiger partial charge in [0.05, 0.1) is 6.04 Å². The zero-order valence-electron chi connectivity index (χ0n) is 11.6. The molecule has 1 aromatic carbocycles. The summed E-state index contributed by atoms with van der Waals surface area (Å²) in [7, 11) is 3.94. The van der Waals surface area contributed by atoms with Gasteiger partial charge in [-0.25, -0.2) is 4.39 Å². The van der Waals surface area contributed by atoms with Crippen LogP contribution in [0, 0.1) is 5.82 Å². The lowest BCUT2D eigenvalue weighted by molar-refractivity contribution is 0.0661. The lowest BCUT2D eigenvalue weighted by Crippen LogP contribution is -2.53. The Kier molecular flexibility index (Phi) is 3.31. The van der Waals surface area contributed by atoms with Crippen LogP contribution in [0.5, 0.6) is 0 Å². The minimum absolute atomic E-state index is 0.0457. The van der Waals surface area contributed by atoms with Gasteiger partial charge in [-0.1, -0.05) is 0 Å². The maximum atomic E-state index is 13.2. The first kappa shape index (κ1) is 13.3. The number of halogens is 1. The highest BCUT2D eigenvalue weighted by Crippen LogP contribution is 2.22. The van der Waals surface area contributed by atoms with Crippen molar-refractivity contribution in [1.29, 1.82) is 0 Å². The van der Waals surface area contributed by atoms with Crippen LogP contribution in [-0.2, 0) is 0 Å². The monoisotopic (exact) mass is 276 g/mol. The number of carbonyl (C=O) groups excluding carboxylic acids is 1. The molecule has 1 atom stereocenters. The molecule has 1 fully saturated rings. The molecule has 0 spiro atoms. The normalized spacial score (nSPS) is 21.4. The number of rotatable bonds is 2. The van der Waals surface area contributed by atoms with Crippen molar-refractivity contribution in [2.75, 3.05) is 33.7 Å². The van der Waals surface area contributed by atoms with Crippen LogP contribution in [0.4, 0.5) is 4.39 Å². The fraction of sp³-hybridized carbons (Fsp3) is 0.400. The first-order valence-corrected chi connectivity index (χ1v) is 6.66. The second-order valence-electron chi connectivity index (χ2n) is 5.42. The summed E-state index contributed by atoms with van der Waals surface area (Å²) in [5.41, 5.74) is 0.543. The maximum Gasteiger partial charge on any atom is 0.216 e. The molecule has 0 radical (unpaired) electrons. The molecule has 1 aliphatic heterocycles. The number of piperazine rings is 1.